The number of benzene rings is 1. The summed E-state index contributed by atoms with van der Waals surface area (Å²) in [4.78, 5) is 6.82. The summed E-state index contributed by atoms with van der Waals surface area (Å²) in [5.74, 6) is 1.75. The minimum atomic E-state index is 0. The minimum Gasteiger partial charge on any atom is -0.361 e. The predicted molar refractivity (Wildman–Crippen MR) is 114 cm³/mol. The van der Waals surface area contributed by atoms with Crippen LogP contribution in [0.25, 0.3) is 0 Å². The summed E-state index contributed by atoms with van der Waals surface area (Å²) in [5.41, 5.74) is 3.24. The van der Waals surface area contributed by atoms with Gasteiger partial charge in [0, 0.05) is 37.3 Å². The van der Waals surface area contributed by atoms with Crippen molar-refractivity contribution in [1.29, 1.82) is 0 Å². The number of halogens is 2. The fourth-order valence-corrected chi connectivity index (χ4v) is 2.80. The lowest BCUT2D eigenvalue weighted by Gasteiger charge is -2.22. The smallest absolute Gasteiger partial charge is 0.193 e. The van der Waals surface area contributed by atoms with Crippen molar-refractivity contribution >= 4 is 41.5 Å². The van der Waals surface area contributed by atoms with Gasteiger partial charge in [0.05, 0.1) is 5.69 Å². The maximum absolute atomic E-state index is 6.06. The van der Waals surface area contributed by atoms with E-state index in [4.69, 9.17) is 21.1 Å². The summed E-state index contributed by atoms with van der Waals surface area (Å²) >= 11 is 6.06. The van der Waals surface area contributed by atoms with Gasteiger partial charge in [0.1, 0.15) is 5.76 Å². The van der Waals surface area contributed by atoms with Crippen molar-refractivity contribution in [3.8, 4) is 0 Å². The third kappa shape index (κ3) is 6.51. The highest BCUT2D eigenvalue weighted by Gasteiger charge is 2.10. The minimum absolute atomic E-state index is 0. The van der Waals surface area contributed by atoms with Gasteiger partial charge < -0.3 is 14.7 Å². The molecule has 0 atom stereocenters. The Labute approximate surface area is 171 Å². The Hall–Kier alpha value is -1.28. The molecule has 138 valence electrons. The third-order valence-electron chi connectivity index (χ3n) is 3.81. The van der Waals surface area contributed by atoms with Gasteiger partial charge in [-0.1, -0.05) is 28.9 Å². The largest absolute Gasteiger partial charge is 0.361 e. The van der Waals surface area contributed by atoms with Crippen LogP contribution in [-0.2, 0) is 13.0 Å². The second kappa shape index (κ2) is 10.7. The van der Waals surface area contributed by atoms with Crippen molar-refractivity contribution in [2.75, 3.05) is 20.1 Å². The molecule has 0 aliphatic rings. The molecular formula is C18H26ClIN4O. The predicted octanol–water partition coefficient (Wildman–Crippen LogP) is 4.20. The molecule has 1 N–H and O–H groups in total. The third-order valence-corrected chi connectivity index (χ3v) is 4.04. The van der Waals surface area contributed by atoms with Crippen molar-refractivity contribution in [3.63, 3.8) is 0 Å². The number of aryl methyl sites for hydroxylation is 2. The van der Waals surface area contributed by atoms with Crippen LogP contribution >= 0.6 is 35.6 Å². The summed E-state index contributed by atoms with van der Waals surface area (Å²) in [5, 5.41) is 8.07. The number of aliphatic imine (C=N–C) groups is 1. The number of guanidine groups is 1. The summed E-state index contributed by atoms with van der Waals surface area (Å²) in [6.45, 7) is 8.23. The molecule has 0 unspecified atom stereocenters. The van der Waals surface area contributed by atoms with Gasteiger partial charge in [-0.25, -0.2) is 0 Å². The molecule has 2 rings (SSSR count). The summed E-state index contributed by atoms with van der Waals surface area (Å²) in [6.07, 6.45) is 0.821. The van der Waals surface area contributed by atoms with Crippen molar-refractivity contribution in [1.82, 2.24) is 15.4 Å². The molecule has 5 nitrogen and oxygen atoms in total. The van der Waals surface area contributed by atoms with Gasteiger partial charge in [0.15, 0.2) is 5.96 Å². The van der Waals surface area contributed by atoms with Crippen molar-refractivity contribution in [3.05, 3.63) is 51.9 Å². The Morgan fingerprint density at radius 2 is 2.12 bits per heavy atom. The fourth-order valence-electron chi connectivity index (χ4n) is 2.59. The Morgan fingerprint density at radius 3 is 2.72 bits per heavy atom. The summed E-state index contributed by atoms with van der Waals surface area (Å²) in [7, 11) is 2.03. The number of hydrogen-bond acceptors (Lipinski definition) is 3. The van der Waals surface area contributed by atoms with E-state index in [1.807, 2.05) is 39.1 Å². The lowest BCUT2D eigenvalue weighted by Crippen LogP contribution is -2.38. The van der Waals surface area contributed by atoms with Gasteiger partial charge in [-0.2, -0.15) is 0 Å². The van der Waals surface area contributed by atoms with Crippen molar-refractivity contribution in [2.24, 2.45) is 4.99 Å². The molecule has 0 fully saturated rings. The number of rotatable bonds is 6. The fraction of sp³-hybridized carbons (Fsp3) is 0.444. The van der Waals surface area contributed by atoms with Gasteiger partial charge in [0.25, 0.3) is 0 Å². The van der Waals surface area contributed by atoms with E-state index in [0.29, 0.717) is 6.54 Å². The molecule has 25 heavy (non-hydrogen) atoms. The van der Waals surface area contributed by atoms with Crippen molar-refractivity contribution in [2.45, 2.75) is 33.7 Å². The van der Waals surface area contributed by atoms with Gasteiger partial charge in [-0.15, -0.1) is 24.0 Å². The first kappa shape index (κ1) is 21.8. The number of nitrogens with one attached hydrogen (secondary N) is 1. The maximum atomic E-state index is 6.06. The molecule has 7 heteroatoms. The van der Waals surface area contributed by atoms with Crippen LogP contribution in [0.1, 0.15) is 29.5 Å². The lowest BCUT2D eigenvalue weighted by atomic mass is 10.1. The van der Waals surface area contributed by atoms with E-state index in [0.717, 1.165) is 53.1 Å². The van der Waals surface area contributed by atoms with Crippen LogP contribution in [0.15, 0.2) is 33.8 Å². The molecule has 1 aromatic carbocycles. The Balaban J connectivity index is 0.00000312. The molecule has 0 bridgehead atoms. The summed E-state index contributed by atoms with van der Waals surface area (Å²) in [6, 6.07) is 7.89. The van der Waals surface area contributed by atoms with Gasteiger partial charge in [-0.3, -0.25) is 4.99 Å². The van der Waals surface area contributed by atoms with Gasteiger partial charge in [0.2, 0.25) is 0 Å². The average Bonchev–Trinajstić information content (AvgIpc) is 2.85. The first-order valence-corrected chi connectivity index (χ1v) is 8.54. The van der Waals surface area contributed by atoms with Crippen LogP contribution in [0.5, 0.6) is 0 Å². The molecule has 2 aromatic rings. The number of aromatic nitrogens is 1. The van der Waals surface area contributed by atoms with E-state index >= 15 is 0 Å². The second-order valence-corrected chi connectivity index (χ2v) is 6.21. The van der Waals surface area contributed by atoms with Crippen LogP contribution in [0.3, 0.4) is 0 Å². The summed E-state index contributed by atoms with van der Waals surface area (Å²) < 4.78 is 5.20. The van der Waals surface area contributed by atoms with E-state index < -0.39 is 0 Å². The van der Waals surface area contributed by atoms with E-state index in [1.54, 1.807) is 0 Å². The highest BCUT2D eigenvalue weighted by molar-refractivity contribution is 14.0. The van der Waals surface area contributed by atoms with Crippen LogP contribution in [-0.4, -0.2) is 36.2 Å². The van der Waals surface area contributed by atoms with Gasteiger partial charge >= 0.3 is 0 Å². The molecule has 0 radical (unpaired) electrons. The van der Waals surface area contributed by atoms with E-state index in [9.17, 15) is 0 Å². The first-order chi connectivity index (χ1) is 11.5. The SMILES string of the molecule is CCNC(=NCCc1c(C)noc1C)N(C)Cc1cccc(Cl)c1.I. The zero-order chi connectivity index (χ0) is 17.5. The molecular weight excluding hydrogens is 451 g/mol. The van der Waals surface area contributed by atoms with E-state index in [2.05, 4.69) is 28.4 Å². The number of nitrogens with zero attached hydrogens (tertiary/aromatic N) is 3. The quantitative estimate of drug-likeness (QED) is 0.386. The molecule has 0 aliphatic carbocycles. The van der Waals surface area contributed by atoms with Crippen LogP contribution in [0.4, 0.5) is 0 Å². The topological polar surface area (TPSA) is 53.7 Å². The zero-order valence-corrected chi connectivity index (χ0v) is 18.3. The van der Waals surface area contributed by atoms with E-state index in [-0.39, 0.29) is 24.0 Å². The molecule has 0 saturated carbocycles. The second-order valence-electron chi connectivity index (χ2n) is 5.77. The highest BCUT2D eigenvalue weighted by Crippen LogP contribution is 2.14. The molecule has 1 heterocycles. The average molecular weight is 477 g/mol. The molecule has 1 aromatic heterocycles. The van der Waals surface area contributed by atoms with Crippen LogP contribution < -0.4 is 5.32 Å². The molecule has 0 spiro atoms. The Kier molecular flexibility index (Phi) is 9.27. The Bertz CT molecular complexity index is 683. The number of hydrogen-bond donors (Lipinski definition) is 1. The highest BCUT2D eigenvalue weighted by atomic mass is 127. The first-order valence-electron chi connectivity index (χ1n) is 8.17. The molecule has 0 aliphatic heterocycles. The normalized spacial score (nSPS) is 11.2. The van der Waals surface area contributed by atoms with Crippen LogP contribution in [0, 0.1) is 13.8 Å². The Morgan fingerprint density at radius 1 is 1.36 bits per heavy atom. The van der Waals surface area contributed by atoms with Crippen LogP contribution in [0.2, 0.25) is 5.02 Å². The zero-order valence-electron chi connectivity index (χ0n) is 15.2. The maximum Gasteiger partial charge on any atom is 0.193 e. The monoisotopic (exact) mass is 476 g/mol. The molecule has 0 amide bonds. The van der Waals surface area contributed by atoms with Gasteiger partial charge in [-0.05, 0) is 44.9 Å². The molecule has 0 saturated heterocycles. The van der Waals surface area contributed by atoms with E-state index in [1.165, 1.54) is 0 Å². The van der Waals surface area contributed by atoms with Crippen molar-refractivity contribution < 1.29 is 4.52 Å². The standard InChI is InChI=1S/C18H25ClN4O.HI/c1-5-20-18(21-10-9-17-13(2)22-24-14(17)3)23(4)12-15-7-6-8-16(19)11-15;/h6-8,11H,5,9-10,12H2,1-4H3,(H,20,21);1H. The lowest BCUT2D eigenvalue weighted by molar-refractivity contribution is 0.392.